The van der Waals surface area contributed by atoms with Gasteiger partial charge in [-0.05, 0) is 0 Å². The van der Waals surface area contributed by atoms with E-state index in [2.05, 4.69) is 17.2 Å². The second-order valence-electron chi connectivity index (χ2n) is 3.68. The summed E-state index contributed by atoms with van der Waals surface area (Å²) in [6.07, 6.45) is 1.54. The van der Waals surface area contributed by atoms with Crippen LogP contribution in [0.3, 0.4) is 0 Å². The number of carbonyl (C=O) groups is 3. The molecule has 0 aromatic heterocycles. The Bertz CT molecular complexity index is 317. The number of nitrogens with zero attached hydrogens (tertiary/aromatic N) is 1. The topological polar surface area (TPSA) is 98.7 Å². The van der Waals surface area contributed by atoms with E-state index in [9.17, 15) is 14.4 Å². The Labute approximate surface area is 106 Å². The highest BCUT2D eigenvalue weighted by molar-refractivity contribution is 5.79. The fourth-order valence-electron chi connectivity index (χ4n) is 1.26. The molecule has 0 radical (unpaired) electrons. The molecule has 0 spiro atoms. The van der Waals surface area contributed by atoms with E-state index >= 15 is 0 Å². The zero-order valence-corrected chi connectivity index (χ0v) is 10.4. The number of hydrogen-bond acceptors (Lipinski definition) is 4. The van der Waals surface area contributed by atoms with Crippen LogP contribution < -0.4 is 10.6 Å². The van der Waals surface area contributed by atoms with Gasteiger partial charge in [0.15, 0.2) is 0 Å². The maximum absolute atomic E-state index is 11.5. The van der Waals surface area contributed by atoms with E-state index in [1.165, 1.54) is 17.9 Å². The highest BCUT2D eigenvalue weighted by Crippen LogP contribution is 1.88. The lowest BCUT2D eigenvalue weighted by atomic mass is 10.4. The molecule has 102 valence electrons. The number of amides is 2. The van der Waals surface area contributed by atoms with Crippen molar-refractivity contribution in [2.75, 3.05) is 32.7 Å². The van der Waals surface area contributed by atoms with Crippen LogP contribution in [0.4, 0.5) is 0 Å². The van der Waals surface area contributed by atoms with Gasteiger partial charge < -0.3 is 15.7 Å². The van der Waals surface area contributed by atoms with Crippen LogP contribution in [0.2, 0.25) is 0 Å². The van der Waals surface area contributed by atoms with Gasteiger partial charge in [-0.1, -0.05) is 6.08 Å². The summed E-state index contributed by atoms with van der Waals surface area (Å²) in [7, 11) is 0. The van der Waals surface area contributed by atoms with E-state index in [1.807, 2.05) is 0 Å². The molecule has 2 amide bonds. The lowest BCUT2D eigenvalue weighted by Crippen LogP contribution is -2.42. The minimum Gasteiger partial charge on any atom is -0.480 e. The summed E-state index contributed by atoms with van der Waals surface area (Å²) in [5, 5.41) is 13.8. The standard InChI is InChI=1S/C11H19N3O4/c1-3-6-14(8-11(17)18)7-10(16)13-5-4-12-9(2)15/h3H,1,4-8H2,2H3,(H,12,15)(H,13,16)(H,17,18). The van der Waals surface area contributed by atoms with Crippen molar-refractivity contribution in [1.29, 1.82) is 0 Å². The number of hydrogen-bond donors (Lipinski definition) is 3. The van der Waals surface area contributed by atoms with Crippen LogP contribution in [-0.4, -0.2) is 60.5 Å². The largest absolute Gasteiger partial charge is 0.480 e. The summed E-state index contributed by atoms with van der Waals surface area (Å²) in [4.78, 5) is 34.0. The minimum absolute atomic E-state index is 0.0155. The van der Waals surface area contributed by atoms with Crippen LogP contribution in [0.1, 0.15) is 6.92 Å². The first-order chi connectivity index (χ1) is 8.45. The molecular weight excluding hydrogens is 238 g/mol. The van der Waals surface area contributed by atoms with Crippen LogP contribution in [0.15, 0.2) is 12.7 Å². The van der Waals surface area contributed by atoms with Gasteiger partial charge in [-0.15, -0.1) is 6.58 Å². The molecule has 0 saturated carbocycles. The predicted molar refractivity (Wildman–Crippen MR) is 66.0 cm³/mol. The molecule has 0 fully saturated rings. The third-order valence-electron chi connectivity index (χ3n) is 1.93. The Morgan fingerprint density at radius 3 is 2.33 bits per heavy atom. The molecule has 0 aliphatic carbocycles. The normalized spacial score (nSPS) is 9.89. The molecule has 0 unspecified atom stereocenters. The average Bonchev–Trinajstić information content (AvgIpc) is 2.23. The second kappa shape index (κ2) is 9.17. The summed E-state index contributed by atoms with van der Waals surface area (Å²) in [5.41, 5.74) is 0. The summed E-state index contributed by atoms with van der Waals surface area (Å²) in [6.45, 7) is 5.64. The van der Waals surface area contributed by atoms with Gasteiger partial charge in [0, 0.05) is 26.6 Å². The third-order valence-corrected chi connectivity index (χ3v) is 1.93. The van der Waals surface area contributed by atoms with Gasteiger partial charge in [0.25, 0.3) is 0 Å². The molecule has 0 heterocycles. The average molecular weight is 257 g/mol. The van der Waals surface area contributed by atoms with Crippen LogP contribution in [0, 0.1) is 0 Å². The van der Waals surface area contributed by atoms with E-state index in [0.29, 0.717) is 19.6 Å². The number of carboxylic acid groups (broad SMARTS) is 1. The van der Waals surface area contributed by atoms with Gasteiger partial charge in [-0.2, -0.15) is 0 Å². The van der Waals surface area contributed by atoms with Crippen molar-refractivity contribution in [3.05, 3.63) is 12.7 Å². The zero-order chi connectivity index (χ0) is 14.0. The molecule has 0 rings (SSSR count). The van der Waals surface area contributed by atoms with Crippen LogP contribution >= 0.6 is 0 Å². The molecule has 3 N–H and O–H groups in total. The molecule has 0 aromatic rings. The van der Waals surface area contributed by atoms with E-state index in [-0.39, 0.29) is 24.9 Å². The smallest absolute Gasteiger partial charge is 0.317 e. The van der Waals surface area contributed by atoms with Crippen molar-refractivity contribution < 1.29 is 19.5 Å². The number of nitrogens with one attached hydrogen (secondary N) is 2. The van der Waals surface area contributed by atoms with Crippen molar-refractivity contribution in [2.45, 2.75) is 6.92 Å². The maximum Gasteiger partial charge on any atom is 0.317 e. The third kappa shape index (κ3) is 9.34. The predicted octanol–water partition coefficient (Wildman–Crippen LogP) is -1.19. The molecule has 0 aliphatic rings. The van der Waals surface area contributed by atoms with Gasteiger partial charge in [-0.3, -0.25) is 19.3 Å². The van der Waals surface area contributed by atoms with Crippen molar-refractivity contribution in [2.24, 2.45) is 0 Å². The maximum atomic E-state index is 11.5. The lowest BCUT2D eigenvalue weighted by Gasteiger charge is -2.17. The molecule has 7 nitrogen and oxygen atoms in total. The highest BCUT2D eigenvalue weighted by Gasteiger charge is 2.12. The first kappa shape index (κ1) is 16.1. The Hall–Kier alpha value is -1.89. The summed E-state index contributed by atoms with van der Waals surface area (Å²) in [6, 6.07) is 0. The van der Waals surface area contributed by atoms with Crippen molar-refractivity contribution in [3.8, 4) is 0 Å². The molecule has 0 saturated heterocycles. The Morgan fingerprint density at radius 1 is 1.22 bits per heavy atom. The number of carbonyl (C=O) groups excluding carboxylic acids is 2. The first-order valence-corrected chi connectivity index (χ1v) is 5.52. The zero-order valence-electron chi connectivity index (χ0n) is 10.4. The van der Waals surface area contributed by atoms with E-state index in [1.54, 1.807) is 0 Å². The number of carboxylic acids is 1. The monoisotopic (exact) mass is 257 g/mol. The molecule has 7 heteroatoms. The van der Waals surface area contributed by atoms with Gasteiger partial charge in [0.05, 0.1) is 13.1 Å². The Balaban J connectivity index is 3.90. The molecule has 0 aliphatic heterocycles. The summed E-state index contributed by atoms with van der Waals surface area (Å²) in [5.74, 6) is -1.45. The molecule has 0 bridgehead atoms. The Morgan fingerprint density at radius 2 is 1.83 bits per heavy atom. The highest BCUT2D eigenvalue weighted by atomic mass is 16.4. The molecule has 0 aromatic carbocycles. The molecule has 0 atom stereocenters. The lowest BCUT2D eigenvalue weighted by molar-refractivity contribution is -0.138. The second-order valence-corrected chi connectivity index (χ2v) is 3.68. The SMILES string of the molecule is C=CCN(CC(=O)O)CC(=O)NCCNC(C)=O. The number of rotatable bonds is 9. The molecular formula is C11H19N3O4. The minimum atomic E-state index is -0.997. The van der Waals surface area contributed by atoms with Gasteiger partial charge in [0.2, 0.25) is 11.8 Å². The van der Waals surface area contributed by atoms with Crippen molar-refractivity contribution >= 4 is 17.8 Å². The fourth-order valence-corrected chi connectivity index (χ4v) is 1.26. The quantitative estimate of drug-likeness (QED) is 0.356. The van der Waals surface area contributed by atoms with Crippen LogP contribution in [0.5, 0.6) is 0 Å². The van der Waals surface area contributed by atoms with Gasteiger partial charge in [-0.25, -0.2) is 0 Å². The Kier molecular flexibility index (Phi) is 8.21. The van der Waals surface area contributed by atoms with Gasteiger partial charge >= 0.3 is 5.97 Å². The van der Waals surface area contributed by atoms with Crippen LogP contribution in [-0.2, 0) is 14.4 Å². The van der Waals surface area contributed by atoms with Crippen molar-refractivity contribution in [1.82, 2.24) is 15.5 Å². The van der Waals surface area contributed by atoms with E-state index in [0.717, 1.165) is 0 Å². The number of aliphatic carboxylic acids is 1. The summed E-state index contributed by atoms with van der Waals surface area (Å²) >= 11 is 0. The molecule has 18 heavy (non-hydrogen) atoms. The van der Waals surface area contributed by atoms with Crippen molar-refractivity contribution in [3.63, 3.8) is 0 Å². The fraction of sp³-hybridized carbons (Fsp3) is 0.545. The van der Waals surface area contributed by atoms with E-state index in [4.69, 9.17) is 5.11 Å². The van der Waals surface area contributed by atoms with E-state index < -0.39 is 5.97 Å². The summed E-state index contributed by atoms with van der Waals surface area (Å²) < 4.78 is 0. The van der Waals surface area contributed by atoms with Gasteiger partial charge in [0.1, 0.15) is 0 Å². The van der Waals surface area contributed by atoms with Crippen LogP contribution in [0.25, 0.3) is 0 Å². The first-order valence-electron chi connectivity index (χ1n) is 5.52.